The Morgan fingerprint density at radius 2 is 1.60 bits per heavy atom. The SMILES string of the molecule is CC[C@]1(O)C[C@@H]2CN(CCc3c([nH]c4ccccc34)[C@@](C(=O)OC)(c3cc4c(cc3OC)N(C)[C@H]3[C@@](O)(C(=O)OC)[C@H](OC(C)=O)[C@]5(CC)C=CCN6CC[C@]43[C@@H]65)C2)C1.O=C(O)CCCc1ccc(N(CCCl)CCCl)cc1. The first-order chi connectivity index (χ1) is 37.4. The number of aliphatic hydroxyl groups is 2. The zero-order valence-corrected chi connectivity index (χ0v) is 47.6. The molecular weight excluding hydrogens is 1040 g/mol. The van der Waals surface area contributed by atoms with E-state index in [-0.39, 0.29) is 18.4 Å². The van der Waals surface area contributed by atoms with Crippen LogP contribution in [0.2, 0.25) is 0 Å². The van der Waals surface area contributed by atoms with Crippen molar-refractivity contribution >= 4 is 69.4 Å². The highest BCUT2D eigenvalue weighted by molar-refractivity contribution is 6.18. The maximum absolute atomic E-state index is 15.3. The van der Waals surface area contributed by atoms with Gasteiger partial charge in [0.2, 0.25) is 5.60 Å². The topological polar surface area (TPSA) is 195 Å². The third-order valence-electron chi connectivity index (χ3n) is 18.5. The number of methoxy groups -OCH3 is 3. The molecule has 1 aliphatic carbocycles. The lowest BCUT2D eigenvalue weighted by molar-refractivity contribution is -0.228. The summed E-state index contributed by atoms with van der Waals surface area (Å²) in [5.74, 6) is -1.17. The quantitative estimate of drug-likeness (QED) is 0.0376. The highest BCUT2D eigenvalue weighted by Crippen LogP contribution is 2.68. The number of carboxylic acids is 1. The number of para-hydroxylation sites is 1. The number of fused-ring (bicyclic) bond motifs is 6. The van der Waals surface area contributed by atoms with Crippen LogP contribution in [-0.4, -0.2) is 169 Å². The van der Waals surface area contributed by atoms with Crippen LogP contribution in [0.3, 0.4) is 0 Å². The van der Waals surface area contributed by atoms with Gasteiger partial charge in [0, 0.05) is 128 Å². The molecule has 1 saturated carbocycles. The minimum Gasteiger partial charge on any atom is -0.496 e. The zero-order chi connectivity index (χ0) is 56.0. The van der Waals surface area contributed by atoms with Crippen molar-refractivity contribution in [2.24, 2.45) is 11.3 Å². The molecule has 6 heterocycles. The molecule has 78 heavy (non-hydrogen) atoms. The number of ether oxygens (including phenoxy) is 4. The summed E-state index contributed by atoms with van der Waals surface area (Å²) < 4.78 is 23.9. The van der Waals surface area contributed by atoms with Crippen LogP contribution in [0.4, 0.5) is 11.4 Å². The maximum atomic E-state index is 15.3. The maximum Gasteiger partial charge on any atom is 0.344 e. The monoisotopic (exact) mass is 1110 g/mol. The molecule has 1 spiro atoms. The highest BCUT2D eigenvalue weighted by Gasteiger charge is 2.80. The Hall–Kier alpha value is -5.36. The van der Waals surface area contributed by atoms with Crippen molar-refractivity contribution in [3.63, 3.8) is 0 Å². The van der Waals surface area contributed by atoms with E-state index >= 15 is 4.79 Å². The number of aromatic nitrogens is 1. The molecule has 5 aliphatic heterocycles. The van der Waals surface area contributed by atoms with Crippen LogP contribution in [0.15, 0.2) is 72.8 Å². The number of halogens is 2. The number of benzene rings is 3. The smallest absolute Gasteiger partial charge is 0.344 e. The number of hydrogen-bond acceptors (Lipinski definition) is 14. The van der Waals surface area contributed by atoms with Crippen molar-refractivity contribution in [3.05, 3.63) is 101 Å². The number of nitrogens with zero attached hydrogens (tertiary/aromatic N) is 4. The number of carbonyl (C=O) groups excluding carboxylic acids is 3. The van der Waals surface area contributed by atoms with E-state index in [0.29, 0.717) is 101 Å². The summed E-state index contributed by atoms with van der Waals surface area (Å²) in [5.41, 5.74) is 0.630. The number of alkyl halides is 2. The molecule has 18 heteroatoms. The molecular formula is C60H77Cl2N5O11. The lowest BCUT2D eigenvalue weighted by Crippen LogP contribution is -2.81. The Bertz CT molecular complexity index is 2910. The van der Waals surface area contributed by atoms with E-state index in [1.54, 1.807) is 7.11 Å². The number of aromatic amines is 1. The molecule has 10 atom stereocenters. The van der Waals surface area contributed by atoms with E-state index in [0.717, 1.165) is 64.2 Å². The van der Waals surface area contributed by atoms with Crippen molar-refractivity contribution in [3.8, 4) is 5.75 Å². The largest absolute Gasteiger partial charge is 0.496 e. The minimum atomic E-state index is -2.30. The van der Waals surface area contributed by atoms with Crippen LogP contribution in [0.1, 0.15) is 93.7 Å². The molecule has 4 aromatic rings. The predicted molar refractivity (Wildman–Crippen MR) is 301 cm³/mol. The first-order valence-electron chi connectivity index (χ1n) is 27.6. The summed E-state index contributed by atoms with van der Waals surface area (Å²) >= 11 is 11.5. The second kappa shape index (κ2) is 22.6. The third-order valence-corrected chi connectivity index (χ3v) is 18.8. The second-order valence-corrected chi connectivity index (χ2v) is 23.2. The van der Waals surface area contributed by atoms with Gasteiger partial charge in [-0.3, -0.25) is 24.2 Å². The summed E-state index contributed by atoms with van der Waals surface area (Å²) in [7, 11) is 6.15. The number of esters is 3. The number of carboxylic acid groups (broad SMARTS) is 1. The summed E-state index contributed by atoms with van der Waals surface area (Å²) in [5, 5.41) is 34.9. The molecule has 4 N–H and O–H groups in total. The standard InChI is InChI=1S/C46H58N4O9.C14H19Cl2NO2/c1-8-42(54)23-28-24-45(40(52)57-6,36-30(15-19-49(25-28)26-42)29-13-10-11-14-33(29)47-36)32-21-31-34(22-35(32)56-5)48(4)38-44(31)17-20-50-18-12-16-43(9-2,37(44)50)39(59-27(3)51)46(38,55)41(53)58-7;15-8-10-17(11-9-16)13-6-4-12(5-7-13)2-1-3-14(18)19/h10-14,16,21-22,28,37-39,47,54-55H,8-9,15,17-20,23-26H2,1-7H3;4-7H,1-3,8-11H2,(H,18,19)/t28-,37-,38+,39+,42-,43+,44+,45-,46-;/m0./s1. The number of rotatable bonds is 16. The average Bonchev–Trinajstić information content (AvgIpc) is 2.55. The fourth-order valence-corrected chi connectivity index (χ4v) is 15.8. The minimum absolute atomic E-state index is 0.0986. The van der Waals surface area contributed by atoms with E-state index in [9.17, 15) is 24.6 Å². The van der Waals surface area contributed by atoms with E-state index in [2.05, 4.69) is 44.0 Å². The molecule has 1 aromatic heterocycles. The van der Waals surface area contributed by atoms with Crippen molar-refractivity contribution < 1.29 is 53.4 Å². The fraction of sp³-hybridized carbons (Fsp3) is 0.567. The number of aliphatic carboxylic acids is 1. The number of carbonyl (C=O) groups is 4. The highest BCUT2D eigenvalue weighted by atomic mass is 35.5. The first-order valence-corrected chi connectivity index (χ1v) is 28.6. The average molecular weight is 1120 g/mol. The van der Waals surface area contributed by atoms with E-state index in [1.807, 2.05) is 74.3 Å². The second-order valence-electron chi connectivity index (χ2n) is 22.5. The third kappa shape index (κ3) is 9.43. The molecule has 6 aliphatic rings. The Balaban J connectivity index is 0.000000331. The zero-order valence-electron chi connectivity index (χ0n) is 46.1. The summed E-state index contributed by atoms with van der Waals surface area (Å²) in [6, 6.07) is 19.1. The summed E-state index contributed by atoms with van der Waals surface area (Å²) in [4.78, 5) is 65.7. The van der Waals surface area contributed by atoms with E-state index in [1.165, 1.54) is 21.1 Å². The summed E-state index contributed by atoms with van der Waals surface area (Å²) in [6.45, 7) is 10.2. The van der Waals surface area contributed by atoms with E-state index < -0.39 is 63.5 Å². The van der Waals surface area contributed by atoms with Crippen molar-refractivity contribution in [1.82, 2.24) is 14.8 Å². The molecule has 3 fully saturated rings. The Labute approximate surface area is 467 Å². The number of nitrogens with one attached hydrogen (secondary N) is 1. The first kappa shape index (κ1) is 57.3. The van der Waals surface area contributed by atoms with Gasteiger partial charge in [0.25, 0.3) is 0 Å². The van der Waals surface area contributed by atoms with Gasteiger partial charge in [-0.2, -0.15) is 0 Å². The molecule has 10 rings (SSSR count). The molecule has 1 unspecified atom stereocenters. The predicted octanol–water partition coefficient (Wildman–Crippen LogP) is 7.37. The van der Waals surface area contributed by atoms with E-state index in [4.69, 9.17) is 47.3 Å². The van der Waals surface area contributed by atoms with Crippen LogP contribution in [0.5, 0.6) is 5.75 Å². The van der Waals surface area contributed by atoms with Gasteiger partial charge in [-0.05, 0) is 105 Å². The number of hydrogen-bond donors (Lipinski definition) is 4. The molecule has 0 radical (unpaired) electrons. The van der Waals surface area contributed by atoms with Gasteiger partial charge >= 0.3 is 23.9 Å². The van der Waals surface area contributed by atoms with Gasteiger partial charge in [-0.15, -0.1) is 23.2 Å². The normalized spacial score (nSPS) is 30.5. The Kier molecular flexibility index (Phi) is 16.6. The lowest BCUT2D eigenvalue weighted by atomic mass is 9.47. The number of piperidine rings is 1. The Morgan fingerprint density at radius 3 is 2.24 bits per heavy atom. The van der Waals surface area contributed by atoms with Crippen LogP contribution in [0, 0.1) is 11.3 Å². The number of likely N-dealkylation sites (N-methyl/N-ethyl adjacent to an activating group) is 1. The van der Waals surface area contributed by atoms with Crippen LogP contribution < -0.4 is 14.5 Å². The van der Waals surface area contributed by atoms with Gasteiger partial charge < -0.3 is 49.1 Å². The van der Waals surface area contributed by atoms with Gasteiger partial charge in [-0.25, -0.2) is 4.79 Å². The van der Waals surface area contributed by atoms with Crippen molar-refractivity contribution in [2.75, 3.05) is 95.8 Å². The van der Waals surface area contributed by atoms with Crippen LogP contribution in [-0.2, 0) is 57.1 Å². The molecule has 2 saturated heterocycles. The molecule has 422 valence electrons. The number of anilines is 2. The molecule has 2 bridgehead atoms. The van der Waals surface area contributed by atoms with Crippen molar-refractivity contribution in [1.29, 1.82) is 0 Å². The molecule has 3 aromatic carbocycles. The van der Waals surface area contributed by atoms with Crippen molar-refractivity contribution in [2.45, 2.75) is 119 Å². The number of aryl methyl sites for hydroxylation is 1. The van der Waals surface area contributed by atoms with Gasteiger partial charge in [0.05, 0.1) is 33.0 Å². The van der Waals surface area contributed by atoms with Gasteiger partial charge in [0.1, 0.15) is 11.2 Å². The lowest BCUT2D eigenvalue weighted by Gasteiger charge is -2.63. The molecule has 16 nitrogen and oxygen atoms in total. The van der Waals surface area contributed by atoms with Gasteiger partial charge in [-0.1, -0.05) is 56.3 Å². The van der Waals surface area contributed by atoms with Crippen LogP contribution >= 0.6 is 23.2 Å². The molecule has 0 amide bonds. The summed E-state index contributed by atoms with van der Waals surface area (Å²) in [6.07, 6.45) is 7.62. The van der Waals surface area contributed by atoms with Gasteiger partial charge in [0.15, 0.2) is 6.10 Å². The van der Waals surface area contributed by atoms with Crippen LogP contribution in [0.25, 0.3) is 10.9 Å². The Morgan fingerprint density at radius 1 is 0.885 bits per heavy atom. The number of H-pyrrole nitrogens is 1. The fourth-order valence-electron chi connectivity index (χ4n) is 15.4.